The Hall–Kier alpha value is -1.64. The van der Waals surface area contributed by atoms with Gasteiger partial charge in [-0.1, -0.05) is 12.2 Å². The first kappa shape index (κ1) is 8.94. The van der Waals surface area contributed by atoms with Gasteiger partial charge in [-0.2, -0.15) is 0 Å². The molecule has 0 spiro atoms. The van der Waals surface area contributed by atoms with E-state index in [9.17, 15) is 4.79 Å². The molecule has 1 amide bonds. The van der Waals surface area contributed by atoms with E-state index in [4.69, 9.17) is 0 Å². The summed E-state index contributed by atoms with van der Waals surface area (Å²) in [5, 5.41) is 2.76. The van der Waals surface area contributed by atoms with E-state index in [1.54, 1.807) is 6.20 Å². The van der Waals surface area contributed by atoms with Crippen LogP contribution in [-0.2, 0) is 4.79 Å². The van der Waals surface area contributed by atoms with Crippen LogP contribution in [0.25, 0.3) is 0 Å². The highest BCUT2D eigenvalue weighted by Gasteiger charge is 2.34. The Bertz CT molecular complexity index is 398. The quantitative estimate of drug-likeness (QED) is 0.720. The van der Waals surface area contributed by atoms with E-state index in [1.165, 1.54) is 0 Å². The minimum Gasteiger partial charge on any atom is -0.310 e. The molecular weight excluding hydrogens is 176 g/mol. The number of nitrogens with one attached hydrogen (secondary N) is 1. The topological polar surface area (TPSA) is 42.0 Å². The largest absolute Gasteiger partial charge is 0.310 e. The highest BCUT2D eigenvalue weighted by molar-refractivity contribution is 5.96. The van der Waals surface area contributed by atoms with Gasteiger partial charge in [0.15, 0.2) is 0 Å². The number of aryl methyl sites for hydroxylation is 1. The molecule has 1 aliphatic rings. The van der Waals surface area contributed by atoms with Crippen LogP contribution in [0.15, 0.2) is 30.5 Å². The minimum atomic E-state index is 0.00750. The zero-order valence-corrected chi connectivity index (χ0v) is 8.08. The molecule has 3 heteroatoms. The van der Waals surface area contributed by atoms with Crippen LogP contribution < -0.4 is 5.32 Å². The first-order valence-corrected chi connectivity index (χ1v) is 4.58. The average molecular weight is 188 g/mol. The fraction of sp³-hybridized carbons (Fsp3) is 0.273. The van der Waals surface area contributed by atoms with Crippen molar-refractivity contribution in [1.82, 2.24) is 4.98 Å². The first-order chi connectivity index (χ1) is 6.66. The summed E-state index contributed by atoms with van der Waals surface area (Å²) in [6.45, 7) is 5.71. The summed E-state index contributed by atoms with van der Waals surface area (Å²) >= 11 is 0. The highest BCUT2D eigenvalue weighted by atomic mass is 16.2. The first-order valence-electron chi connectivity index (χ1n) is 4.58. The highest BCUT2D eigenvalue weighted by Crippen LogP contribution is 2.36. The molecule has 1 aromatic heterocycles. The Morgan fingerprint density at radius 1 is 1.71 bits per heavy atom. The molecule has 1 aromatic rings. The number of hydrogen-bond donors (Lipinski definition) is 1. The van der Waals surface area contributed by atoms with Crippen LogP contribution in [0.5, 0.6) is 0 Å². The van der Waals surface area contributed by atoms with Gasteiger partial charge in [-0.25, -0.2) is 4.98 Å². The van der Waals surface area contributed by atoms with Crippen LogP contribution in [0.2, 0.25) is 0 Å². The maximum atomic E-state index is 11.5. The molecule has 0 aliphatic heterocycles. The molecule has 72 valence electrons. The summed E-state index contributed by atoms with van der Waals surface area (Å²) in [7, 11) is 0. The van der Waals surface area contributed by atoms with Gasteiger partial charge in [-0.3, -0.25) is 4.79 Å². The number of nitrogens with zero attached hydrogens (tertiary/aromatic N) is 1. The van der Waals surface area contributed by atoms with E-state index in [0.717, 1.165) is 17.6 Å². The number of aromatic nitrogens is 1. The number of carbonyl (C=O) groups is 1. The van der Waals surface area contributed by atoms with Crippen molar-refractivity contribution in [2.45, 2.75) is 13.3 Å². The van der Waals surface area contributed by atoms with E-state index in [-0.39, 0.29) is 11.8 Å². The second-order valence-electron chi connectivity index (χ2n) is 3.62. The van der Waals surface area contributed by atoms with Gasteiger partial charge in [0.25, 0.3) is 0 Å². The summed E-state index contributed by atoms with van der Waals surface area (Å²) in [6, 6.07) is 3.74. The number of pyridine rings is 1. The Balaban J connectivity index is 2.04. The maximum Gasteiger partial charge on any atom is 0.233 e. The third kappa shape index (κ3) is 1.82. The van der Waals surface area contributed by atoms with Crippen molar-refractivity contribution >= 4 is 11.7 Å². The smallest absolute Gasteiger partial charge is 0.233 e. The van der Waals surface area contributed by atoms with Gasteiger partial charge in [0.1, 0.15) is 5.82 Å². The molecule has 1 aliphatic carbocycles. The summed E-state index contributed by atoms with van der Waals surface area (Å²) < 4.78 is 0. The second-order valence-corrected chi connectivity index (χ2v) is 3.62. The van der Waals surface area contributed by atoms with Crippen molar-refractivity contribution in [2.24, 2.45) is 5.92 Å². The summed E-state index contributed by atoms with van der Waals surface area (Å²) in [6.07, 6.45) is 2.50. The number of anilines is 1. The van der Waals surface area contributed by atoms with Crippen LogP contribution in [-0.4, -0.2) is 10.9 Å². The van der Waals surface area contributed by atoms with E-state index in [1.807, 2.05) is 19.1 Å². The van der Waals surface area contributed by atoms with Gasteiger partial charge in [0.2, 0.25) is 5.91 Å². The molecule has 2 rings (SSSR count). The molecule has 1 unspecified atom stereocenters. The van der Waals surface area contributed by atoms with Gasteiger partial charge >= 0.3 is 0 Å². The lowest BCUT2D eigenvalue weighted by molar-refractivity contribution is -0.117. The second kappa shape index (κ2) is 3.25. The van der Waals surface area contributed by atoms with Crippen LogP contribution in [0, 0.1) is 12.8 Å². The van der Waals surface area contributed by atoms with E-state index in [0.29, 0.717) is 5.82 Å². The molecule has 14 heavy (non-hydrogen) atoms. The third-order valence-electron chi connectivity index (χ3n) is 2.28. The molecule has 1 saturated carbocycles. The van der Waals surface area contributed by atoms with Gasteiger partial charge in [0.05, 0.1) is 5.92 Å². The van der Waals surface area contributed by atoms with E-state index < -0.39 is 0 Å². The molecule has 0 bridgehead atoms. The van der Waals surface area contributed by atoms with Gasteiger partial charge in [-0.15, -0.1) is 0 Å². The predicted octanol–water partition coefficient (Wildman–Crippen LogP) is 1.90. The third-order valence-corrected chi connectivity index (χ3v) is 2.28. The number of hydrogen-bond acceptors (Lipinski definition) is 2. The molecule has 1 N–H and O–H groups in total. The number of rotatable bonds is 2. The monoisotopic (exact) mass is 188 g/mol. The van der Waals surface area contributed by atoms with Crippen LogP contribution in [0.3, 0.4) is 0 Å². The summed E-state index contributed by atoms with van der Waals surface area (Å²) in [5.74, 6) is 0.639. The van der Waals surface area contributed by atoms with Crippen molar-refractivity contribution in [3.8, 4) is 0 Å². The molecule has 0 radical (unpaired) electrons. The lowest BCUT2D eigenvalue weighted by Crippen LogP contribution is -2.14. The fourth-order valence-electron chi connectivity index (χ4n) is 1.30. The van der Waals surface area contributed by atoms with Crippen molar-refractivity contribution in [2.75, 3.05) is 5.32 Å². The molecule has 1 heterocycles. The molecule has 1 atom stereocenters. The standard InChI is InChI=1S/C11H12N2O/c1-7-3-4-12-10(5-7)13-11(14)9-6-8(9)2/h3-5,9H,2,6H2,1H3,(H,12,13,14). The maximum absolute atomic E-state index is 11.5. The van der Waals surface area contributed by atoms with Crippen LogP contribution >= 0.6 is 0 Å². The lowest BCUT2D eigenvalue weighted by atomic mass is 10.3. The molecule has 0 aromatic carbocycles. The number of amides is 1. The van der Waals surface area contributed by atoms with Gasteiger partial charge in [0, 0.05) is 6.20 Å². The summed E-state index contributed by atoms with van der Waals surface area (Å²) in [5.41, 5.74) is 2.10. The molecule has 0 saturated heterocycles. The minimum absolute atomic E-state index is 0.00750. The van der Waals surface area contributed by atoms with Crippen molar-refractivity contribution < 1.29 is 4.79 Å². The zero-order chi connectivity index (χ0) is 10.1. The molecule has 3 nitrogen and oxygen atoms in total. The van der Waals surface area contributed by atoms with E-state index in [2.05, 4.69) is 16.9 Å². The van der Waals surface area contributed by atoms with Gasteiger partial charge < -0.3 is 5.32 Å². The Morgan fingerprint density at radius 3 is 3.00 bits per heavy atom. The van der Waals surface area contributed by atoms with Crippen molar-refractivity contribution in [3.05, 3.63) is 36.0 Å². The Kier molecular flexibility index (Phi) is 2.08. The predicted molar refractivity (Wildman–Crippen MR) is 54.9 cm³/mol. The van der Waals surface area contributed by atoms with Crippen LogP contribution in [0.4, 0.5) is 5.82 Å². The summed E-state index contributed by atoms with van der Waals surface area (Å²) in [4.78, 5) is 15.5. The Morgan fingerprint density at radius 2 is 2.43 bits per heavy atom. The Labute approximate surface area is 82.9 Å². The molecule has 1 fully saturated rings. The molecular formula is C11H12N2O. The zero-order valence-electron chi connectivity index (χ0n) is 8.08. The lowest BCUT2D eigenvalue weighted by Gasteiger charge is -2.02. The SMILES string of the molecule is C=C1CC1C(=O)Nc1cc(C)ccn1. The van der Waals surface area contributed by atoms with E-state index >= 15 is 0 Å². The van der Waals surface area contributed by atoms with Crippen molar-refractivity contribution in [1.29, 1.82) is 0 Å². The van der Waals surface area contributed by atoms with Crippen molar-refractivity contribution in [3.63, 3.8) is 0 Å². The van der Waals surface area contributed by atoms with Gasteiger partial charge in [-0.05, 0) is 31.0 Å². The van der Waals surface area contributed by atoms with Crippen LogP contribution in [0.1, 0.15) is 12.0 Å². The fourth-order valence-corrected chi connectivity index (χ4v) is 1.30. The normalized spacial score (nSPS) is 19.2. The average Bonchev–Trinajstić information content (AvgIpc) is 2.82. The number of carbonyl (C=O) groups excluding carboxylic acids is 1.